The normalized spacial score (nSPS) is 14.7. The predicted octanol–water partition coefficient (Wildman–Crippen LogP) is 2.04. The van der Waals surface area contributed by atoms with Gasteiger partial charge in [-0.1, -0.05) is 11.2 Å². The minimum atomic E-state index is -0.961. The average Bonchev–Trinajstić information content (AvgIpc) is 3.07. The van der Waals surface area contributed by atoms with Crippen LogP contribution >= 0.6 is 0 Å². The highest BCUT2D eigenvalue weighted by Gasteiger charge is 2.31. The van der Waals surface area contributed by atoms with E-state index in [0.717, 1.165) is 18.7 Å². The Morgan fingerprint density at radius 2 is 2.29 bits per heavy atom. The third kappa shape index (κ3) is 1.97. The SMILES string of the molecule is O=C(O)c1cccc2nc(C3CC3)n(Cc3ncon3)c12. The van der Waals surface area contributed by atoms with Crippen molar-refractivity contribution in [3.8, 4) is 0 Å². The molecule has 0 spiro atoms. The summed E-state index contributed by atoms with van der Waals surface area (Å²) < 4.78 is 6.66. The zero-order chi connectivity index (χ0) is 14.4. The smallest absolute Gasteiger partial charge is 0.337 e. The van der Waals surface area contributed by atoms with Crippen molar-refractivity contribution in [3.05, 3.63) is 41.8 Å². The zero-order valence-electron chi connectivity index (χ0n) is 11.1. The third-order valence-electron chi connectivity index (χ3n) is 3.68. The van der Waals surface area contributed by atoms with Crippen molar-refractivity contribution in [2.45, 2.75) is 25.3 Å². The van der Waals surface area contributed by atoms with E-state index in [0.29, 0.717) is 29.3 Å². The predicted molar refractivity (Wildman–Crippen MR) is 72.1 cm³/mol. The fourth-order valence-electron chi connectivity index (χ4n) is 2.59. The summed E-state index contributed by atoms with van der Waals surface area (Å²) in [5, 5.41) is 13.2. The van der Waals surface area contributed by atoms with Gasteiger partial charge in [0.15, 0.2) is 5.82 Å². The number of para-hydroxylation sites is 1. The lowest BCUT2D eigenvalue weighted by molar-refractivity contribution is 0.0698. The Labute approximate surface area is 119 Å². The second-order valence-electron chi connectivity index (χ2n) is 5.16. The molecular formula is C14H12N4O3. The van der Waals surface area contributed by atoms with Crippen LogP contribution in [0.4, 0.5) is 0 Å². The number of hydrogen-bond acceptors (Lipinski definition) is 5. The van der Waals surface area contributed by atoms with E-state index in [4.69, 9.17) is 4.52 Å². The molecule has 7 heteroatoms. The van der Waals surface area contributed by atoms with Crippen molar-refractivity contribution in [3.63, 3.8) is 0 Å². The highest BCUT2D eigenvalue weighted by molar-refractivity contribution is 6.01. The van der Waals surface area contributed by atoms with Crippen LogP contribution in [-0.2, 0) is 6.54 Å². The van der Waals surface area contributed by atoms with E-state index in [1.807, 2.05) is 10.6 Å². The monoisotopic (exact) mass is 284 g/mol. The maximum Gasteiger partial charge on any atom is 0.337 e. The topological polar surface area (TPSA) is 94.0 Å². The maximum atomic E-state index is 11.5. The lowest BCUT2D eigenvalue weighted by atomic mass is 10.2. The summed E-state index contributed by atoms with van der Waals surface area (Å²) in [6.45, 7) is 0.364. The summed E-state index contributed by atoms with van der Waals surface area (Å²) in [7, 11) is 0. The third-order valence-corrected chi connectivity index (χ3v) is 3.68. The van der Waals surface area contributed by atoms with Gasteiger partial charge in [-0.2, -0.15) is 4.98 Å². The first-order valence-corrected chi connectivity index (χ1v) is 6.71. The summed E-state index contributed by atoms with van der Waals surface area (Å²) in [6, 6.07) is 5.14. The number of carboxylic acid groups (broad SMARTS) is 1. The number of aromatic carboxylic acids is 1. The highest BCUT2D eigenvalue weighted by Crippen LogP contribution is 2.41. The fraction of sp³-hybridized carbons (Fsp3) is 0.286. The maximum absolute atomic E-state index is 11.5. The first kappa shape index (κ1) is 12.1. The van der Waals surface area contributed by atoms with Gasteiger partial charge < -0.3 is 14.2 Å². The lowest BCUT2D eigenvalue weighted by Gasteiger charge is -2.07. The number of fused-ring (bicyclic) bond motifs is 1. The molecule has 1 saturated carbocycles. The van der Waals surface area contributed by atoms with Gasteiger partial charge in [-0.3, -0.25) is 0 Å². The minimum absolute atomic E-state index is 0.246. The van der Waals surface area contributed by atoms with Crippen LogP contribution in [0.15, 0.2) is 29.1 Å². The van der Waals surface area contributed by atoms with Gasteiger partial charge in [0.1, 0.15) is 5.82 Å². The van der Waals surface area contributed by atoms with Crippen LogP contribution in [0.25, 0.3) is 11.0 Å². The summed E-state index contributed by atoms with van der Waals surface area (Å²) in [5.41, 5.74) is 1.56. The minimum Gasteiger partial charge on any atom is -0.478 e. The highest BCUT2D eigenvalue weighted by atomic mass is 16.5. The van der Waals surface area contributed by atoms with Gasteiger partial charge in [0.2, 0.25) is 6.39 Å². The molecule has 1 fully saturated rings. The Hall–Kier alpha value is -2.70. The molecule has 0 bridgehead atoms. The van der Waals surface area contributed by atoms with Crippen molar-refractivity contribution in [2.75, 3.05) is 0 Å². The molecule has 2 heterocycles. The second kappa shape index (κ2) is 4.41. The summed E-state index contributed by atoms with van der Waals surface area (Å²) in [6.07, 6.45) is 3.43. The number of aromatic nitrogens is 4. The van der Waals surface area contributed by atoms with E-state index in [2.05, 4.69) is 15.1 Å². The fourth-order valence-corrected chi connectivity index (χ4v) is 2.59. The molecule has 21 heavy (non-hydrogen) atoms. The molecule has 1 aliphatic rings. The van der Waals surface area contributed by atoms with Crippen molar-refractivity contribution >= 4 is 17.0 Å². The Kier molecular flexibility index (Phi) is 2.53. The van der Waals surface area contributed by atoms with Gasteiger partial charge in [0, 0.05) is 5.92 Å². The van der Waals surface area contributed by atoms with Crippen LogP contribution in [-0.4, -0.2) is 30.8 Å². The van der Waals surface area contributed by atoms with Crippen molar-refractivity contribution in [1.29, 1.82) is 0 Å². The van der Waals surface area contributed by atoms with E-state index in [-0.39, 0.29) is 5.56 Å². The number of imidazole rings is 1. The number of benzene rings is 1. The molecule has 0 aliphatic heterocycles. The molecule has 1 N–H and O–H groups in total. The molecular weight excluding hydrogens is 272 g/mol. The summed E-state index contributed by atoms with van der Waals surface area (Å²) in [4.78, 5) is 20.1. The Bertz CT molecular complexity index is 818. The standard InChI is InChI=1S/C14H12N4O3/c19-14(20)9-2-1-3-10-12(9)18(6-11-15-7-21-17-11)13(16-10)8-4-5-8/h1-3,7-8H,4-6H2,(H,19,20). The Balaban J connectivity index is 1.95. The molecule has 2 aromatic heterocycles. The van der Waals surface area contributed by atoms with Crippen molar-refractivity contribution < 1.29 is 14.4 Å². The summed E-state index contributed by atoms with van der Waals surface area (Å²) in [5.74, 6) is 0.850. The van der Waals surface area contributed by atoms with E-state index in [9.17, 15) is 9.90 Å². The van der Waals surface area contributed by atoms with Crippen LogP contribution in [0.5, 0.6) is 0 Å². The molecule has 0 unspecified atom stereocenters. The van der Waals surface area contributed by atoms with E-state index in [1.165, 1.54) is 6.39 Å². The van der Waals surface area contributed by atoms with Gasteiger partial charge in [0.25, 0.3) is 0 Å². The second-order valence-corrected chi connectivity index (χ2v) is 5.16. The van der Waals surface area contributed by atoms with E-state index >= 15 is 0 Å². The molecule has 7 nitrogen and oxygen atoms in total. The van der Waals surface area contributed by atoms with Crippen molar-refractivity contribution in [2.24, 2.45) is 0 Å². The molecule has 4 rings (SSSR count). The zero-order valence-corrected chi connectivity index (χ0v) is 11.1. The molecule has 0 radical (unpaired) electrons. The van der Waals surface area contributed by atoms with Gasteiger partial charge in [-0.15, -0.1) is 0 Å². The van der Waals surface area contributed by atoms with E-state index in [1.54, 1.807) is 12.1 Å². The average molecular weight is 284 g/mol. The number of carboxylic acids is 1. The molecule has 0 amide bonds. The first-order valence-electron chi connectivity index (χ1n) is 6.71. The Morgan fingerprint density at radius 3 is 2.95 bits per heavy atom. The molecule has 0 saturated heterocycles. The first-order chi connectivity index (χ1) is 10.2. The molecule has 106 valence electrons. The summed E-state index contributed by atoms with van der Waals surface area (Å²) >= 11 is 0. The van der Waals surface area contributed by atoms with Crippen LogP contribution in [0, 0.1) is 0 Å². The van der Waals surface area contributed by atoms with Crippen LogP contribution < -0.4 is 0 Å². The molecule has 0 atom stereocenters. The lowest BCUT2D eigenvalue weighted by Crippen LogP contribution is -2.08. The molecule has 1 aliphatic carbocycles. The largest absolute Gasteiger partial charge is 0.478 e. The van der Waals surface area contributed by atoms with Gasteiger partial charge in [-0.25, -0.2) is 9.78 Å². The van der Waals surface area contributed by atoms with Gasteiger partial charge >= 0.3 is 5.97 Å². The molecule has 1 aromatic carbocycles. The number of nitrogens with zero attached hydrogens (tertiary/aromatic N) is 4. The van der Waals surface area contributed by atoms with Crippen LogP contribution in [0.2, 0.25) is 0 Å². The number of rotatable bonds is 4. The number of carbonyl (C=O) groups is 1. The quantitative estimate of drug-likeness (QED) is 0.788. The van der Waals surface area contributed by atoms with E-state index < -0.39 is 5.97 Å². The van der Waals surface area contributed by atoms with Crippen LogP contribution in [0.3, 0.4) is 0 Å². The van der Waals surface area contributed by atoms with Gasteiger partial charge in [-0.05, 0) is 25.0 Å². The van der Waals surface area contributed by atoms with Crippen molar-refractivity contribution in [1.82, 2.24) is 19.7 Å². The Morgan fingerprint density at radius 1 is 1.43 bits per heavy atom. The van der Waals surface area contributed by atoms with Crippen LogP contribution in [0.1, 0.15) is 40.8 Å². The number of hydrogen-bond donors (Lipinski definition) is 1. The molecule has 3 aromatic rings. The van der Waals surface area contributed by atoms with Gasteiger partial charge in [0.05, 0.1) is 23.1 Å².